The summed E-state index contributed by atoms with van der Waals surface area (Å²) in [4.78, 5) is 24.8. The highest BCUT2D eigenvalue weighted by atomic mass is 16.2. The van der Waals surface area contributed by atoms with Crippen molar-refractivity contribution in [2.75, 3.05) is 13.1 Å². The molecule has 4 N–H and O–H groups in total. The highest BCUT2D eigenvalue weighted by Gasteiger charge is 2.41. The van der Waals surface area contributed by atoms with Gasteiger partial charge in [-0.1, -0.05) is 13.3 Å². The van der Waals surface area contributed by atoms with Crippen molar-refractivity contribution < 1.29 is 9.59 Å². The Labute approximate surface area is 96.1 Å². The number of amides is 2. The van der Waals surface area contributed by atoms with E-state index < -0.39 is 11.5 Å². The van der Waals surface area contributed by atoms with Crippen molar-refractivity contribution in [1.82, 2.24) is 4.90 Å². The molecule has 0 radical (unpaired) electrons. The minimum Gasteiger partial charge on any atom is -0.369 e. The van der Waals surface area contributed by atoms with Crippen molar-refractivity contribution >= 4 is 11.8 Å². The van der Waals surface area contributed by atoms with Crippen LogP contribution in [-0.2, 0) is 9.59 Å². The largest absolute Gasteiger partial charge is 0.369 e. The zero-order chi connectivity index (χ0) is 12.3. The Morgan fingerprint density at radius 2 is 2.12 bits per heavy atom. The van der Waals surface area contributed by atoms with Gasteiger partial charge >= 0.3 is 0 Å². The van der Waals surface area contributed by atoms with Crippen LogP contribution in [0.1, 0.15) is 33.1 Å². The quantitative estimate of drug-likeness (QED) is 0.699. The molecule has 1 fully saturated rings. The van der Waals surface area contributed by atoms with Gasteiger partial charge in [0.05, 0.1) is 11.5 Å². The summed E-state index contributed by atoms with van der Waals surface area (Å²) in [6.07, 6.45) is 2.20. The van der Waals surface area contributed by atoms with Crippen LogP contribution >= 0.6 is 0 Å². The molecule has 1 unspecified atom stereocenters. The molecule has 0 bridgehead atoms. The fraction of sp³-hybridized carbons (Fsp3) is 0.818. The predicted octanol–water partition coefficient (Wildman–Crippen LogP) is -0.162. The third-order valence-electron chi connectivity index (χ3n) is 3.30. The van der Waals surface area contributed by atoms with E-state index in [0.29, 0.717) is 25.9 Å². The molecule has 0 saturated carbocycles. The molecule has 0 aromatic heterocycles. The summed E-state index contributed by atoms with van der Waals surface area (Å²) in [7, 11) is 0. The molecule has 1 rings (SSSR count). The lowest BCUT2D eigenvalue weighted by Gasteiger charge is -2.23. The predicted molar refractivity (Wildman–Crippen MR) is 61.4 cm³/mol. The van der Waals surface area contributed by atoms with Gasteiger partial charge in [0.15, 0.2) is 0 Å². The Kier molecular flexibility index (Phi) is 3.91. The fourth-order valence-corrected chi connectivity index (χ4v) is 2.02. The first-order valence-electron chi connectivity index (χ1n) is 5.75. The second-order valence-electron chi connectivity index (χ2n) is 4.83. The van der Waals surface area contributed by atoms with Crippen LogP contribution in [-0.4, -0.2) is 35.8 Å². The van der Waals surface area contributed by atoms with Gasteiger partial charge in [-0.2, -0.15) is 0 Å². The van der Waals surface area contributed by atoms with Crippen molar-refractivity contribution in [3.63, 3.8) is 0 Å². The van der Waals surface area contributed by atoms with Crippen LogP contribution < -0.4 is 11.5 Å². The molecular formula is C11H21N3O2. The zero-order valence-electron chi connectivity index (χ0n) is 10.0. The van der Waals surface area contributed by atoms with E-state index in [-0.39, 0.29) is 11.8 Å². The number of primary amides is 1. The number of likely N-dealkylation sites (tertiary alicyclic amines) is 1. The maximum atomic E-state index is 11.9. The van der Waals surface area contributed by atoms with Gasteiger partial charge in [0, 0.05) is 13.1 Å². The molecule has 2 atom stereocenters. The lowest BCUT2D eigenvalue weighted by atomic mass is 9.89. The number of hydrogen-bond donors (Lipinski definition) is 2. The van der Waals surface area contributed by atoms with Crippen LogP contribution in [0.5, 0.6) is 0 Å². The zero-order valence-corrected chi connectivity index (χ0v) is 10.0. The maximum absolute atomic E-state index is 11.9. The van der Waals surface area contributed by atoms with E-state index in [1.807, 2.05) is 6.92 Å². The number of carbonyl (C=O) groups is 2. The standard InChI is InChI=1S/C11H21N3O2/c1-3-4-8(12)9(15)14-6-5-11(2,7-14)10(13)16/h8H,3-7,12H2,1-2H3,(H2,13,16)/t8-,11?/m1/s1. The molecule has 1 aliphatic heterocycles. The van der Waals surface area contributed by atoms with Gasteiger partial charge in [-0.15, -0.1) is 0 Å². The highest BCUT2D eigenvalue weighted by Crippen LogP contribution is 2.29. The first-order valence-corrected chi connectivity index (χ1v) is 5.75. The summed E-state index contributed by atoms with van der Waals surface area (Å²) in [5.41, 5.74) is 10.5. The first kappa shape index (κ1) is 13.0. The molecule has 0 aromatic rings. The van der Waals surface area contributed by atoms with Crippen LogP contribution in [0.4, 0.5) is 0 Å². The minimum absolute atomic E-state index is 0.0631. The van der Waals surface area contributed by atoms with Crippen molar-refractivity contribution in [3.8, 4) is 0 Å². The molecular weight excluding hydrogens is 206 g/mol. The van der Waals surface area contributed by atoms with Crippen LogP contribution in [0.2, 0.25) is 0 Å². The number of hydrogen-bond acceptors (Lipinski definition) is 3. The summed E-state index contributed by atoms with van der Waals surface area (Å²) in [6.45, 7) is 4.77. The van der Waals surface area contributed by atoms with Crippen molar-refractivity contribution in [1.29, 1.82) is 0 Å². The highest BCUT2D eigenvalue weighted by molar-refractivity contribution is 5.85. The Bertz CT molecular complexity index is 293. The molecule has 5 heteroatoms. The van der Waals surface area contributed by atoms with Gasteiger partial charge in [-0.25, -0.2) is 0 Å². The van der Waals surface area contributed by atoms with Crippen LogP contribution in [0, 0.1) is 5.41 Å². The molecule has 16 heavy (non-hydrogen) atoms. The average Bonchev–Trinajstić information content (AvgIpc) is 2.61. The third-order valence-corrected chi connectivity index (χ3v) is 3.30. The maximum Gasteiger partial charge on any atom is 0.239 e. The number of carbonyl (C=O) groups excluding carboxylic acids is 2. The summed E-state index contributed by atoms with van der Waals surface area (Å²) < 4.78 is 0. The van der Waals surface area contributed by atoms with Crippen molar-refractivity contribution in [3.05, 3.63) is 0 Å². The van der Waals surface area contributed by atoms with Gasteiger partial charge in [0.2, 0.25) is 11.8 Å². The summed E-state index contributed by atoms with van der Waals surface area (Å²) in [5, 5.41) is 0. The molecule has 0 aliphatic carbocycles. The van der Waals surface area contributed by atoms with Gasteiger partial charge in [-0.05, 0) is 19.8 Å². The molecule has 2 amide bonds. The number of nitrogens with two attached hydrogens (primary N) is 2. The Morgan fingerprint density at radius 3 is 2.56 bits per heavy atom. The van der Waals surface area contributed by atoms with E-state index in [1.165, 1.54) is 0 Å². The van der Waals surface area contributed by atoms with E-state index in [0.717, 1.165) is 6.42 Å². The molecule has 0 spiro atoms. The number of rotatable bonds is 4. The third kappa shape index (κ3) is 2.52. The van der Waals surface area contributed by atoms with E-state index >= 15 is 0 Å². The Morgan fingerprint density at radius 1 is 1.50 bits per heavy atom. The molecule has 0 aromatic carbocycles. The lowest BCUT2D eigenvalue weighted by molar-refractivity contribution is -0.133. The number of nitrogens with zero attached hydrogens (tertiary/aromatic N) is 1. The lowest BCUT2D eigenvalue weighted by Crippen LogP contribution is -2.45. The monoisotopic (exact) mass is 227 g/mol. The van der Waals surface area contributed by atoms with Crippen LogP contribution in [0.15, 0.2) is 0 Å². The molecule has 1 aliphatic rings. The van der Waals surface area contributed by atoms with Crippen LogP contribution in [0.25, 0.3) is 0 Å². The Hall–Kier alpha value is -1.10. The topological polar surface area (TPSA) is 89.4 Å². The molecule has 1 heterocycles. The van der Waals surface area contributed by atoms with Crippen LogP contribution in [0.3, 0.4) is 0 Å². The van der Waals surface area contributed by atoms with Gasteiger partial charge < -0.3 is 16.4 Å². The normalized spacial score (nSPS) is 26.8. The molecule has 1 saturated heterocycles. The van der Waals surface area contributed by atoms with E-state index in [1.54, 1.807) is 11.8 Å². The smallest absolute Gasteiger partial charge is 0.239 e. The summed E-state index contributed by atoms with van der Waals surface area (Å²) in [5.74, 6) is -0.404. The average molecular weight is 227 g/mol. The second kappa shape index (κ2) is 4.82. The minimum atomic E-state index is -0.582. The molecule has 92 valence electrons. The Balaban J connectivity index is 2.59. The summed E-state index contributed by atoms with van der Waals surface area (Å²) >= 11 is 0. The van der Waals surface area contributed by atoms with Gasteiger partial charge in [0.1, 0.15) is 0 Å². The van der Waals surface area contributed by atoms with E-state index in [9.17, 15) is 9.59 Å². The first-order chi connectivity index (χ1) is 7.40. The second-order valence-corrected chi connectivity index (χ2v) is 4.83. The van der Waals surface area contributed by atoms with E-state index in [2.05, 4.69) is 0 Å². The van der Waals surface area contributed by atoms with Gasteiger partial charge in [0.25, 0.3) is 0 Å². The van der Waals surface area contributed by atoms with E-state index in [4.69, 9.17) is 11.5 Å². The summed E-state index contributed by atoms with van der Waals surface area (Å²) in [6, 6.07) is -0.444. The van der Waals surface area contributed by atoms with Crippen molar-refractivity contribution in [2.24, 2.45) is 16.9 Å². The fourth-order valence-electron chi connectivity index (χ4n) is 2.02. The van der Waals surface area contributed by atoms with Crippen molar-refractivity contribution in [2.45, 2.75) is 39.2 Å². The molecule has 5 nitrogen and oxygen atoms in total. The SMILES string of the molecule is CCC[C@@H](N)C(=O)N1CCC(C)(C(N)=O)C1. The van der Waals surface area contributed by atoms with Gasteiger partial charge in [-0.3, -0.25) is 9.59 Å².